The Kier molecular flexibility index (Phi) is 6.77. The number of benzene rings is 2. The standard InChI is InChI=1S/C21H25NO5S2/c1-2-28(23,24)17-16-27-20-8-10-21(11-9-20)29(25,26)22-14-12-19(13-15-22)18-6-4-3-5-7-18/h3-12H,2,13-17H2,1H3. The summed E-state index contributed by atoms with van der Waals surface area (Å²) in [7, 11) is -6.69. The number of hydrogen-bond acceptors (Lipinski definition) is 5. The molecular weight excluding hydrogens is 410 g/mol. The Hall–Kier alpha value is -2.16. The van der Waals surface area contributed by atoms with Gasteiger partial charge < -0.3 is 4.74 Å². The quantitative estimate of drug-likeness (QED) is 0.637. The molecule has 1 aliphatic heterocycles. The molecule has 8 heteroatoms. The maximum atomic E-state index is 12.9. The van der Waals surface area contributed by atoms with E-state index in [-0.39, 0.29) is 23.0 Å². The largest absolute Gasteiger partial charge is 0.493 e. The van der Waals surface area contributed by atoms with Crippen molar-refractivity contribution in [1.82, 2.24) is 4.31 Å². The molecule has 0 amide bonds. The van der Waals surface area contributed by atoms with Gasteiger partial charge in [0.1, 0.15) is 12.4 Å². The summed E-state index contributed by atoms with van der Waals surface area (Å²) in [6.07, 6.45) is 2.62. The van der Waals surface area contributed by atoms with Gasteiger partial charge in [0.15, 0.2) is 9.84 Å². The van der Waals surface area contributed by atoms with Crippen molar-refractivity contribution in [2.75, 3.05) is 31.2 Å². The Morgan fingerprint density at radius 2 is 1.66 bits per heavy atom. The van der Waals surface area contributed by atoms with Crippen LogP contribution < -0.4 is 4.74 Å². The Balaban J connectivity index is 1.63. The lowest BCUT2D eigenvalue weighted by molar-refractivity contribution is 0.340. The lowest BCUT2D eigenvalue weighted by Gasteiger charge is -2.26. The summed E-state index contributed by atoms with van der Waals surface area (Å²) in [4.78, 5) is 0.197. The van der Waals surface area contributed by atoms with E-state index in [1.807, 2.05) is 36.4 Å². The smallest absolute Gasteiger partial charge is 0.243 e. The molecule has 0 aromatic heterocycles. The Labute approximate surface area is 172 Å². The summed E-state index contributed by atoms with van der Waals surface area (Å²) >= 11 is 0. The highest BCUT2D eigenvalue weighted by atomic mass is 32.2. The zero-order chi connectivity index (χ0) is 20.9. The van der Waals surface area contributed by atoms with E-state index in [2.05, 4.69) is 0 Å². The predicted octanol–water partition coefficient (Wildman–Crippen LogP) is 2.98. The predicted molar refractivity (Wildman–Crippen MR) is 114 cm³/mol. The zero-order valence-electron chi connectivity index (χ0n) is 16.3. The van der Waals surface area contributed by atoms with Gasteiger partial charge in [-0.15, -0.1) is 0 Å². The first-order valence-electron chi connectivity index (χ1n) is 9.50. The van der Waals surface area contributed by atoms with Gasteiger partial charge in [0.05, 0.1) is 10.6 Å². The van der Waals surface area contributed by atoms with Gasteiger partial charge in [0, 0.05) is 18.8 Å². The lowest BCUT2D eigenvalue weighted by Crippen LogP contribution is -2.34. The highest BCUT2D eigenvalue weighted by Gasteiger charge is 2.26. The zero-order valence-corrected chi connectivity index (χ0v) is 18.0. The van der Waals surface area contributed by atoms with Crippen LogP contribution in [0.15, 0.2) is 65.6 Å². The summed E-state index contributed by atoms with van der Waals surface area (Å²) in [5.41, 5.74) is 2.28. The van der Waals surface area contributed by atoms with Crippen LogP contribution in [0.1, 0.15) is 18.9 Å². The monoisotopic (exact) mass is 435 g/mol. The minimum atomic E-state index is -3.59. The number of ether oxygens (including phenoxy) is 1. The van der Waals surface area contributed by atoms with Crippen LogP contribution in [0, 0.1) is 0 Å². The van der Waals surface area contributed by atoms with Crippen molar-refractivity contribution in [3.63, 3.8) is 0 Å². The van der Waals surface area contributed by atoms with Crippen molar-refractivity contribution in [3.8, 4) is 5.75 Å². The molecule has 0 N–H and O–H groups in total. The Morgan fingerprint density at radius 3 is 2.24 bits per heavy atom. The number of nitrogens with zero attached hydrogens (tertiary/aromatic N) is 1. The van der Waals surface area contributed by atoms with Gasteiger partial charge in [-0.2, -0.15) is 4.31 Å². The molecule has 2 aromatic carbocycles. The van der Waals surface area contributed by atoms with Crippen LogP contribution in [0.4, 0.5) is 0 Å². The van der Waals surface area contributed by atoms with Crippen molar-refractivity contribution in [1.29, 1.82) is 0 Å². The summed E-state index contributed by atoms with van der Waals surface area (Å²) in [6.45, 7) is 2.39. The molecular formula is C21H25NO5S2. The first-order valence-corrected chi connectivity index (χ1v) is 12.8. The Bertz CT molecular complexity index is 1060. The van der Waals surface area contributed by atoms with E-state index in [1.165, 1.54) is 16.4 Å². The molecule has 2 aromatic rings. The van der Waals surface area contributed by atoms with Crippen molar-refractivity contribution in [3.05, 3.63) is 66.2 Å². The van der Waals surface area contributed by atoms with E-state index in [0.29, 0.717) is 25.3 Å². The number of sulfone groups is 1. The van der Waals surface area contributed by atoms with Gasteiger partial charge in [-0.1, -0.05) is 43.3 Å². The second-order valence-corrected chi connectivity index (χ2v) is 11.2. The third-order valence-corrected chi connectivity index (χ3v) is 8.43. The number of hydrogen-bond donors (Lipinski definition) is 0. The molecule has 3 rings (SSSR count). The molecule has 156 valence electrons. The first-order chi connectivity index (χ1) is 13.8. The molecule has 0 spiro atoms. The van der Waals surface area contributed by atoms with Gasteiger partial charge in [0.2, 0.25) is 10.0 Å². The van der Waals surface area contributed by atoms with E-state index >= 15 is 0 Å². The first kappa shape index (κ1) is 21.5. The fourth-order valence-electron chi connectivity index (χ4n) is 3.07. The van der Waals surface area contributed by atoms with Crippen LogP contribution in [0.3, 0.4) is 0 Å². The third-order valence-electron chi connectivity index (χ3n) is 4.88. The van der Waals surface area contributed by atoms with Crippen molar-refractivity contribution >= 4 is 25.4 Å². The molecule has 0 saturated carbocycles. The second kappa shape index (κ2) is 9.11. The van der Waals surface area contributed by atoms with Crippen LogP contribution >= 0.6 is 0 Å². The molecule has 0 fully saturated rings. The topological polar surface area (TPSA) is 80.8 Å². The SMILES string of the molecule is CCS(=O)(=O)CCOc1ccc(S(=O)(=O)N2CC=C(c3ccccc3)CC2)cc1. The molecule has 0 saturated heterocycles. The van der Waals surface area contributed by atoms with E-state index in [4.69, 9.17) is 4.74 Å². The lowest BCUT2D eigenvalue weighted by atomic mass is 10.0. The van der Waals surface area contributed by atoms with Crippen LogP contribution in [-0.4, -0.2) is 52.3 Å². The molecule has 1 heterocycles. The number of rotatable bonds is 8. The summed E-state index contributed by atoms with van der Waals surface area (Å²) < 4.78 is 55.7. The molecule has 1 aliphatic rings. The van der Waals surface area contributed by atoms with Gasteiger partial charge >= 0.3 is 0 Å². The van der Waals surface area contributed by atoms with Crippen LogP contribution in [0.2, 0.25) is 0 Å². The van der Waals surface area contributed by atoms with Crippen LogP contribution in [0.5, 0.6) is 5.75 Å². The van der Waals surface area contributed by atoms with Gasteiger partial charge in [0.25, 0.3) is 0 Å². The second-order valence-electron chi connectivity index (χ2n) is 6.76. The molecule has 0 atom stereocenters. The molecule has 0 aliphatic carbocycles. The van der Waals surface area contributed by atoms with E-state index in [9.17, 15) is 16.8 Å². The van der Waals surface area contributed by atoms with Gasteiger partial charge in [-0.3, -0.25) is 0 Å². The number of sulfonamides is 1. The highest BCUT2D eigenvalue weighted by Crippen LogP contribution is 2.26. The van der Waals surface area contributed by atoms with E-state index < -0.39 is 19.9 Å². The van der Waals surface area contributed by atoms with Crippen molar-refractivity contribution in [2.45, 2.75) is 18.2 Å². The third kappa shape index (κ3) is 5.46. The molecule has 29 heavy (non-hydrogen) atoms. The van der Waals surface area contributed by atoms with Crippen molar-refractivity contribution < 1.29 is 21.6 Å². The summed E-state index contributed by atoms with van der Waals surface area (Å²) in [5, 5.41) is 0. The maximum absolute atomic E-state index is 12.9. The minimum absolute atomic E-state index is 0.0431. The molecule has 0 radical (unpaired) electrons. The van der Waals surface area contributed by atoms with E-state index in [0.717, 1.165) is 11.1 Å². The fraction of sp³-hybridized carbons (Fsp3) is 0.333. The van der Waals surface area contributed by atoms with Crippen LogP contribution in [-0.2, 0) is 19.9 Å². The highest BCUT2D eigenvalue weighted by molar-refractivity contribution is 7.91. The maximum Gasteiger partial charge on any atom is 0.243 e. The van der Waals surface area contributed by atoms with Crippen LogP contribution in [0.25, 0.3) is 5.57 Å². The molecule has 0 bridgehead atoms. The minimum Gasteiger partial charge on any atom is -0.493 e. The summed E-state index contributed by atoms with van der Waals surface area (Å²) in [6, 6.07) is 16.1. The molecule has 0 unspecified atom stereocenters. The molecule has 6 nitrogen and oxygen atoms in total. The average molecular weight is 436 g/mol. The Morgan fingerprint density at radius 1 is 0.966 bits per heavy atom. The fourth-order valence-corrected chi connectivity index (χ4v) is 5.08. The summed E-state index contributed by atoms with van der Waals surface area (Å²) in [5.74, 6) is 0.456. The van der Waals surface area contributed by atoms with Crippen molar-refractivity contribution in [2.24, 2.45) is 0 Å². The van der Waals surface area contributed by atoms with Gasteiger partial charge in [-0.05, 0) is 41.8 Å². The average Bonchev–Trinajstić information content (AvgIpc) is 2.75. The van der Waals surface area contributed by atoms with E-state index in [1.54, 1.807) is 19.1 Å². The van der Waals surface area contributed by atoms with Gasteiger partial charge in [-0.25, -0.2) is 16.8 Å². The normalized spacial score (nSPS) is 15.7.